The second-order valence-electron chi connectivity index (χ2n) is 6.61. The average Bonchev–Trinajstić information content (AvgIpc) is 2.95. The fourth-order valence-electron chi connectivity index (χ4n) is 3.07. The molecule has 1 aliphatic rings. The molecule has 2 aromatic rings. The van der Waals surface area contributed by atoms with E-state index in [9.17, 15) is 14.0 Å². The molecule has 6 nitrogen and oxygen atoms in total. The van der Waals surface area contributed by atoms with Gasteiger partial charge in [0.2, 0.25) is 10.9 Å². The Kier molecular flexibility index (Phi) is 6.86. The number of amides is 2. The summed E-state index contributed by atoms with van der Waals surface area (Å²) in [5, 5.41) is 11.5. The summed E-state index contributed by atoms with van der Waals surface area (Å²) < 4.78 is 13.2. The van der Waals surface area contributed by atoms with E-state index in [0.717, 1.165) is 30.9 Å². The summed E-state index contributed by atoms with van der Waals surface area (Å²) in [6.07, 6.45) is 6.38. The predicted molar refractivity (Wildman–Crippen MR) is 102 cm³/mol. The second kappa shape index (κ2) is 9.55. The van der Waals surface area contributed by atoms with E-state index in [2.05, 4.69) is 15.5 Å². The molecule has 3 rings (SSSR count). The van der Waals surface area contributed by atoms with Gasteiger partial charge in [0.05, 0.1) is 0 Å². The van der Waals surface area contributed by atoms with Gasteiger partial charge in [0.15, 0.2) is 0 Å². The van der Waals surface area contributed by atoms with E-state index in [1.54, 1.807) is 6.07 Å². The van der Waals surface area contributed by atoms with Crippen molar-refractivity contribution in [1.82, 2.24) is 15.1 Å². The molecule has 1 aliphatic heterocycles. The van der Waals surface area contributed by atoms with E-state index in [4.69, 9.17) is 0 Å². The minimum Gasteiger partial charge on any atom is -0.343 e. The fourth-order valence-corrected chi connectivity index (χ4v) is 3.84. The lowest BCUT2D eigenvalue weighted by atomic mass is 10.2. The Bertz CT molecular complexity index is 788. The van der Waals surface area contributed by atoms with Crippen LogP contribution in [0.2, 0.25) is 0 Å². The monoisotopic (exact) mass is 390 g/mol. The highest BCUT2D eigenvalue weighted by atomic mass is 32.1. The molecular formula is C19H23FN4O2S. The molecule has 0 saturated carbocycles. The summed E-state index contributed by atoms with van der Waals surface area (Å²) in [5.74, 6) is -0.629. The maximum Gasteiger partial charge on any atom is 0.286 e. The summed E-state index contributed by atoms with van der Waals surface area (Å²) in [7, 11) is 0. The number of anilines is 1. The molecule has 0 spiro atoms. The smallest absolute Gasteiger partial charge is 0.286 e. The summed E-state index contributed by atoms with van der Waals surface area (Å²) in [4.78, 5) is 26.4. The zero-order valence-corrected chi connectivity index (χ0v) is 15.9. The highest BCUT2D eigenvalue weighted by molar-refractivity contribution is 7.13. The Balaban J connectivity index is 1.46. The molecule has 0 aliphatic carbocycles. The van der Waals surface area contributed by atoms with Gasteiger partial charge in [-0.2, -0.15) is 0 Å². The Morgan fingerprint density at radius 2 is 1.93 bits per heavy atom. The number of carbonyl (C=O) groups excluding carboxylic acids is 2. The molecule has 1 saturated heterocycles. The van der Waals surface area contributed by atoms with Crippen LogP contribution in [-0.4, -0.2) is 40.0 Å². The van der Waals surface area contributed by atoms with Gasteiger partial charge < -0.3 is 10.2 Å². The third-order valence-electron chi connectivity index (χ3n) is 4.48. The summed E-state index contributed by atoms with van der Waals surface area (Å²) in [5.41, 5.74) is 0.375. The molecule has 8 heteroatoms. The van der Waals surface area contributed by atoms with Gasteiger partial charge in [0.1, 0.15) is 10.8 Å². The van der Waals surface area contributed by atoms with Crippen LogP contribution in [0, 0.1) is 5.82 Å². The largest absolute Gasteiger partial charge is 0.343 e. The van der Waals surface area contributed by atoms with Crippen molar-refractivity contribution in [2.75, 3.05) is 18.4 Å². The molecular weight excluding hydrogens is 367 g/mol. The molecule has 0 bridgehead atoms. The van der Waals surface area contributed by atoms with E-state index in [0.29, 0.717) is 24.9 Å². The number of nitrogens with zero attached hydrogens (tertiary/aromatic N) is 3. The maximum absolute atomic E-state index is 13.2. The lowest BCUT2D eigenvalue weighted by Gasteiger charge is -2.19. The SMILES string of the molecule is O=C(Nc1cccc(F)c1)c1nnc(CCCC(=O)N2CCCCCC2)s1. The number of aromatic nitrogens is 2. The average molecular weight is 390 g/mol. The molecule has 144 valence electrons. The normalized spacial score (nSPS) is 14.6. The number of rotatable bonds is 6. The first-order valence-corrected chi connectivity index (χ1v) is 10.1. The van der Waals surface area contributed by atoms with Gasteiger partial charge in [0, 0.05) is 31.6 Å². The van der Waals surface area contributed by atoms with Crippen molar-refractivity contribution in [3.8, 4) is 0 Å². The van der Waals surface area contributed by atoms with Crippen LogP contribution in [0.3, 0.4) is 0 Å². The van der Waals surface area contributed by atoms with Gasteiger partial charge in [-0.3, -0.25) is 9.59 Å². The zero-order chi connectivity index (χ0) is 19.1. The third-order valence-corrected chi connectivity index (χ3v) is 5.47. The molecule has 2 heterocycles. The lowest BCUT2D eigenvalue weighted by molar-refractivity contribution is -0.131. The number of benzene rings is 1. The van der Waals surface area contributed by atoms with Crippen molar-refractivity contribution in [2.45, 2.75) is 44.9 Å². The van der Waals surface area contributed by atoms with Crippen molar-refractivity contribution in [3.63, 3.8) is 0 Å². The fraction of sp³-hybridized carbons (Fsp3) is 0.474. The summed E-state index contributed by atoms with van der Waals surface area (Å²) in [6.45, 7) is 1.73. The number of nitrogens with one attached hydrogen (secondary N) is 1. The van der Waals surface area contributed by atoms with E-state index < -0.39 is 11.7 Å². The Hall–Kier alpha value is -2.35. The van der Waals surface area contributed by atoms with Gasteiger partial charge in [-0.1, -0.05) is 30.2 Å². The molecule has 2 amide bonds. The van der Waals surface area contributed by atoms with Crippen molar-refractivity contribution in [3.05, 3.63) is 40.1 Å². The van der Waals surface area contributed by atoms with Crippen molar-refractivity contribution < 1.29 is 14.0 Å². The Morgan fingerprint density at radius 3 is 2.67 bits per heavy atom. The van der Waals surface area contributed by atoms with E-state index in [1.807, 2.05) is 4.90 Å². The molecule has 0 unspecified atom stereocenters. The third kappa shape index (κ3) is 5.82. The van der Waals surface area contributed by atoms with Gasteiger partial charge in [-0.15, -0.1) is 10.2 Å². The van der Waals surface area contributed by atoms with Gasteiger partial charge >= 0.3 is 0 Å². The van der Waals surface area contributed by atoms with Crippen molar-refractivity contribution in [2.24, 2.45) is 0 Å². The Morgan fingerprint density at radius 1 is 1.15 bits per heavy atom. The molecule has 1 aromatic carbocycles. The van der Waals surface area contributed by atoms with Crippen LogP contribution >= 0.6 is 11.3 Å². The van der Waals surface area contributed by atoms with Gasteiger partial charge in [0.25, 0.3) is 5.91 Å². The van der Waals surface area contributed by atoms with E-state index in [-0.39, 0.29) is 10.9 Å². The van der Waals surface area contributed by atoms with Gasteiger partial charge in [-0.25, -0.2) is 4.39 Å². The van der Waals surface area contributed by atoms with Crippen molar-refractivity contribution >= 4 is 28.8 Å². The Labute approximate surface area is 161 Å². The molecule has 1 fully saturated rings. The molecule has 0 radical (unpaired) electrons. The topological polar surface area (TPSA) is 75.2 Å². The first kappa shape index (κ1) is 19.4. The van der Waals surface area contributed by atoms with Crippen molar-refractivity contribution in [1.29, 1.82) is 0 Å². The standard InChI is InChI=1S/C19H23FN4O2S/c20-14-7-5-8-15(13-14)21-18(26)19-23-22-16(27-19)9-6-10-17(25)24-11-3-1-2-4-12-24/h5,7-8,13H,1-4,6,9-12H2,(H,21,26). The number of hydrogen-bond acceptors (Lipinski definition) is 5. The minimum atomic E-state index is -0.417. The molecule has 1 aromatic heterocycles. The first-order valence-electron chi connectivity index (χ1n) is 9.29. The predicted octanol–water partition coefficient (Wildman–Crippen LogP) is 3.65. The molecule has 0 atom stereocenters. The second-order valence-corrected chi connectivity index (χ2v) is 7.68. The van der Waals surface area contributed by atoms with E-state index >= 15 is 0 Å². The molecule has 1 N–H and O–H groups in total. The van der Waals surface area contributed by atoms with Crippen LogP contribution in [-0.2, 0) is 11.2 Å². The summed E-state index contributed by atoms with van der Waals surface area (Å²) in [6, 6.07) is 5.69. The van der Waals surface area contributed by atoms with E-state index in [1.165, 1.54) is 42.4 Å². The number of likely N-dealkylation sites (tertiary alicyclic amines) is 1. The van der Waals surface area contributed by atoms with Crippen LogP contribution < -0.4 is 5.32 Å². The lowest BCUT2D eigenvalue weighted by Crippen LogP contribution is -2.31. The highest BCUT2D eigenvalue weighted by Crippen LogP contribution is 2.17. The number of carbonyl (C=O) groups is 2. The highest BCUT2D eigenvalue weighted by Gasteiger charge is 2.16. The quantitative estimate of drug-likeness (QED) is 0.817. The number of aryl methyl sites for hydroxylation is 1. The van der Waals surface area contributed by atoms with Gasteiger partial charge in [-0.05, 0) is 37.5 Å². The first-order chi connectivity index (χ1) is 13.1. The maximum atomic E-state index is 13.2. The zero-order valence-electron chi connectivity index (χ0n) is 15.1. The van der Waals surface area contributed by atoms with Crippen LogP contribution in [0.1, 0.15) is 53.3 Å². The molecule has 27 heavy (non-hydrogen) atoms. The number of halogens is 1. The van der Waals surface area contributed by atoms with Crippen LogP contribution in [0.4, 0.5) is 10.1 Å². The minimum absolute atomic E-state index is 0.200. The van der Waals surface area contributed by atoms with Crippen LogP contribution in [0.25, 0.3) is 0 Å². The van der Waals surface area contributed by atoms with Crippen LogP contribution in [0.15, 0.2) is 24.3 Å². The van der Waals surface area contributed by atoms with Crippen LogP contribution in [0.5, 0.6) is 0 Å². The number of hydrogen-bond donors (Lipinski definition) is 1. The summed E-state index contributed by atoms with van der Waals surface area (Å²) >= 11 is 1.20.